The van der Waals surface area contributed by atoms with E-state index in [4.69, 9.17) is 10.5 Å². The van der Waals surface area contributed by atoms with Gasteiger partial charge in [-0.2, -0.15) is 0 Å². The Bertz CT molecular complexity index is 333. The third-order valence-electron chi connectivity index (χ3n) is 4.45. The fourth-order valence-electron chi connectivity index (χ4n) is 3.40. The van der Waals surface area contributed by atoms with Crippen LogP contribution in [0.2, 0.25) is 0 Å². The molecule has 116 valence electrons. The normalized spacial score (nSPS) is 30.9. The molecule has 0 spiro atoms. The summed E-state index contributed by atoms with van der Waals surface area (Å²) in [7, 11) is 0. The molecule has 0 aromatic carbocycles. The van der Waals surface area contributed by atoms with Gasteiger partial charge in [0, 0.05) is 32.3 Å². The molecule has 0 bridgehead atoms. The third kappa shape index (κ3) is 4.17. The van der Waals surface area contributed by atoms with Crippen LogP contribution in [-0.4, -0.2) is 55.2 Å². The second-order valence-electron chi connectivity index (χ2n) is 6.67. The molecule has 0 saturated carbocycles. The highest BCUT2D eigenvalue weighted by molar-refractivity contribution is 5.78. The average Bonchev–Trinajstić information content (AvgIpc) is 2.44. The van der Waals surface area contributed by atoms with Crippen molar-refractivity contribution in [3.63, 3.8) is 0 Å². The lowest BCUT2D eigenvalue weighted by molar-refractivity contribution is -0.128. The summed E-state index contributed by atoms with van der Waals surface area (Å²) in [4.78, 5) is 14.6. The van der Waals surface area contributed by atoms with Crippen molar-refractivity contribution >= 4 is 5.91 Å². The van der Waals surface area contributed by atoms with E-state index in [0.29, 0.717) is 19.1 Å². The molecule has 0 radical (unpaired) electrons. The number of amides is 1. The summed E-state index contributed by atoms with van der Waals surface area (Å²) in [5.74, 6) is 0.299. The Kier molecular flexibility index (Phi) is 5.41. The van der Waals surface area contributed by atoms with Crippen LogP contribution < -0.4 is 11.1 Å². The number of piperidine rings is 1. The number of rotatable bonds is 4. The fourth-order valence-corrected chi connectivity index (χ4v) is 3.40. The number of ether oxygens (including phenoxy) is 1. The van der Waals surface area contributed by atoms with E-state index in [-0.39, 0.29) is 17.4 Å². The van der Waals surface area contributed by atoms with Crippen molar-refractivity contribution in [3.05, 3.63) is 0 Å². The number of carbonyl (C=O) groups excluding carboxylic acids is 1. The molecule has 2 saturated heterocycles. The molecule has 1 amide bonds. The smallest absolute Gasteiger partial charge is 0.224 e. The van der Waals surface area contributed by atoms with Crippen LogP contribution in [0.4, 0.5) is 0 Å². The Balaban J connectivity index is 1.88. The molecule has 2 heterocycles. The molecule has 2 unspecified atom stereocenters. The second-order valence-corrected chi connectivity index (χ2v) is 6.67. The SMILES string of the molecule is CC1(C)CC(N2CCCC(C(=O)NCCN)C2)CCO1. The van der Waals surface area contributed by atoms with Crippen LogP contribution in [0.25, 0.3) is 0 Å². The zero-order valence-corrected chi connectivity index (χ0v) is 12.9. The van der Waals surface area contributed by atoms with Gasteiger partial charge in [-0.3, -0.25) is 9.69 Å². The number of nitrogens with zero attached hydrogens (tertiary/aromatic N) is 1. The first-order chi connectivity index (χ1) is 9.52. The molecule has 2 aliphatic rings. The van der Waals surface area contributed by atoms with Gasteiger partial charge in [-0.25, -0.2) is 0 Å². The van der Waals surface area contributed by atoms with Gasteiger partial charge in [0.1, 0.15) is 0 Å². The van der Waals surface area contributed by atoms with Crippen LogP contribution in [0.1, 0.15) is 39.5 Å². The van der Waals surface area contributed by atoms with E-state index < -0.39 is 0 Å². The van der Waals surface area contributed by atoms with E-state index >= 15 is 0 Å². The maximum Gasteiger partial charge on any atom is 0.224 e. The van der Waals surface area contributed by atoms with E-state index in [9.17, 15) is 4.79 Å². The zero-order chi connectivity index (χ0) is 14.6. The van der Waals surface area contributed by atoms with Gasteiger partial charge >= 0.3 is 0 Å². The molecule has 0 aromatic heterocycles. The molecule has 2 rings (SSSR count). The van der Waals surface area contributed by atoms with Crippen molar-refractivity contribution in [2.45, 2.75) is 51.2 Å². The largest absolute Gasteiger partial charge is 0.375 e. The van der Waals surface area contributed by atoms with Crippen molar-refractivity contribution in [1.29, 1.82) is 0 Å². The molecule has 5 nitrogen and oxygen atoms in total. The molecule has 20 heavy (non-hydrogen) atoms. The third-order valence-corrected chi connectivity index (χ3v) is 4.45. The average molecular weight is 283 g/mol. The lowest BCUT2D eigenvalue weighted by atomic mass is 9.89. The van der Waals surface area contributed by atoms with Crippen LogP contribution >= 0.6 is 0 Å². The summed E-state index contributed by atoms with van der Waals surface area (Å²) in [6.45, 7) is 8.25. The summed E-state index contributed by atoms with van der Waals surface area (Å²) in [6.07, 6.45) is 4.25. The van der Waals surface area contributed by atoms with Gasteiger partial charge < -0.3 is 15.8 Å². The summed E-state index contributed by atoms with van der Waals surface area (Å²) >= 11 is 0. The maximum absolute atomic E-state index is 12.1. The maximum atomic E-state index is 12.1. The fraction of sp³-hybridized carbons (Fsp3) is 0.933. The summed E-state index contributed by atoms with van der Waals surface area (Å²) in [5.41, 5.74) is 5.41. The Hall–Kier alpha value is -0.650. The Morgan fingerprint density at radius 2 is 2.25 bits per heavy atom. The van der Waals surface area contributed by atoms with E-state index in [2.05, 4.69) is 24.1 Å². The van der Waals surface area contributed by atoms with E-state index in [0.717, 1.165) is 45.4 Å². The number of hydrogen-bond acceptors (Lipinski definition) is 4. The number of likely N-dealkylation sites (tertiary alicyclic amines) is 1. The van der Waals surface area contributed by atoms with Crippen molar-refractivity contribution in [1.82, 2.24) is 10.2 Å². The Morgan fingerprint density at radius 3 is 2.95 bits per heavy atom. The summed E-state index contributed by atoms with van der Waals surface area (Å²) in [5, 5.41) is 2.93. The Labute approximate surface area is 122 Å². The highest BCUT2D eigenvalue weighted by Crippen LogP contribution is 2.30. The molecule has 5 heteroatoms. The minimum absolute atomic E-state index is 0.0301. The zero-order valence-electron chi connectivity index (χ0n) is 12.9. The van der Waals surface area contributed by atoms with Crippen LogP contribution in [0, 0.1) is 5.92 Å². The minimum atomic E-state index is -0.0301. The number of hydrogen-bond donors (Lipinski definition) is 2. The quantitative estimate of drug-likeness (QED) is 0.798. The van der Waals surface area contributed by atoms with Gasteiger partial charge in [0.25, 0.3) is 0 Å². The van der Waals surface area contributed by atoms with Crippen LogP contribution in [-0.2, 0) is 9.53 Å². The van der Waals surface area contributed by atoms with Gasteiger partial charge in [-0.05, 0) is 46.1 Å². The van der Waals surface area contributed by atoms with E-state index in [1.54, 1.807) is 0 Å². The topological polar surface area (TPSA) is 67.6 Å². The standard InChI is InChI=1S/C15H29N3O2/c1-15(2)10-13(5-9-20-15)18-8-3-4-12(11-18)14(19)17-7-6-16/h12-13H,3-11,16H2,1-2H3,(H,17,19). The molecule has 3 N–H and O–H groups in total. The molecular formula is C15H29N3O2. The molecule has 0 aromatic rings. The number of nitrogens with two attached hydrogens (primary N) is 1. The minimum Gasteiger partial charge on any atom is -0.375 e. The predicted molar refractivity (Wildman–Crippen MR) is 79.4 cm³/mol. The number of carbonyl (C=O) groups is 1. The summed E-state index contributed by atoms with van der Waals surface area (Å²) < 4.78 is 5.79. The van der Waals surface area contributed by atoms with Gasteiger partial charge in [-0.15, -0.1) is 0 Å². The Morgan fingerprint density at radius 1 is 1.45 bits per heavy atom. The second kappa shape index (κ2) is 6.87. The highest BCUT2D eigenvalue weighted by Gasteiger charge is 2.35. The van der Waals surface area contributed by atoms with E-state index in [1.807, 2.05) is 0 Å². The van der Waals surface area contributed by atoms with Crippen LogP contribution in [0.5, 0.6) is 0 Å². The lowest BCUT2D eigenvalue weighted by Crippen LogP contribution is -2.51. The lowest BCUT2D eigenvalue weighted by Gasteiger charge is -2.44. The first-order valence-electron chi connectivity index (χ1n) is 7.87. The first-order valence-corrected chi connectivity index (χ1v) is 7.87. The monoisotopic (exact) mass is 283 g/mol. The van der Waals surface area contributed by atoms with Crippen LogP contribution in [0.15, 0.2) is 0 Å². The van der Waals surface area contributed by atoms with Crippen molar-refractivity contribution in [2.24, 2.45) is 11.7 Å². The van der Waals surface area contributed by atoms with Crippen LogP contribution in [0.3, 0.4) is 0 Å². The van der Waals surface area contributed by atoms with Gasteiger partial charge in [0.2, 0.25) is 5.91 Å². The molecule has 2 aliphatic heterocycles. The number of nitrogens with one attached hydrogen (secondary N) is 1. The van der Waals surface area contributed by atoms with Crippen molar-refractivity contribution in [2.75, 3.05) is 32.8 Å². The molecular weight excluding hydrogens is 254 g/mol. The van der Waals surface area contributed by atoms with E-state index in [1.165, 1.54) is 0 Å². The molecule has 2 atom stereocenters. The van der Waals surface area contributed by atoms with Crippen molar-refractivity contribution < 1.29 is 9.53 Å². The highest BCUT2D eigenvalue weighted by atomic mass is 16.5. The van der Waals surface area contributed by atoms with Crippen molar-refractivity contribution in [3.8, 4) is 0 Å². The first kappa shape index (κ1) is 15.7. The molecule has 0 aliphatic carbocycles. The predicted octanol–water partition coefficient (Wildman–Crippen LogP) is 0.731. The summed E-state index contributed by atoms with van der Waals surface area (Å²) in [6, 6.07) is 0.559. The van der Waals surface area contributed by atoms with Gasteiger partial charge in [0.15, 0.2) is 0 Å². The van der Waals surface area contributed by atoms with Gasteiger partial charge in [0.05, 0.1) is 11.5 Å². The molecule has 2 fully saturated rings. The van der Waals surface area contributed by atoms with Gasteiger partial charge in [-0.1, -0.05) is 0 Å².